The molecule has 0 aliphatic carbocycles. The van der Waals surface area contributed by atoms with E-state index < -0.39 is 0 Å². The molecule has 1 atom stereocenters. The third kappa shape index (κ3) is 3.72. The van der Waals surface area contributed by atoms with Crippen molar-refractivity contribution in [2.24, 2.45) is 5.92 Å². The first kappa shape index (κ1) is 14.4. The summed E-state index contributed by atoms with van der Waals surface area (Å²) in [5.41, 5.74) is 1.29. The highest BCUT2D eigenvalue weighted by molar-refractivity contribution is 5.89. The number of urea groups is 1. The Kier molecular flexibility index (Phi) is 4.97. The summed E-state index contributed by atoms with van der Waals surface area (Å²) in [6.07, 6.45) is 1.01. The van der Waals surface area contributed by atoms with E-state index in [4.69, 9.17) is 10.00 Å². The minimum atomic E-state index is -0.107. The monoisotopic (exact) mass is 273 g/mol. The lowest BCUT2D eigenvalue weighted by molar-refractivity contribution is 0.171. The summed E-state index contributed by atoms with van der Waals surface area (Å²) in [7, 11) is 0. The summed E-state index contributed by atoms with van der Waals surface area (Å²) in [6.45, 7) is 4.88. The van der Waals surface area contributed by atoms with Gasteiger partial charge in [-0.3, -0.25) is 0 Å². The highest BCUT2D eigenvalue weighted by atomic mass is 16.5. The molecule has 5 nitrogen and oxygen atoms in total. The van der Waals surface area contributed by atoms with Gasteiger partial charge in [0, 0.05) is 31.3 Å². The number of nitriles is 1. The topological polar surface area (TPSA) is 65.4 Å². The molecule has 1 fully saturated rings. The minimum absolute atomic E-state index is 0.107. The van der Waals surface area contributed by atoms with Crippen molar-refractivity contribution in [2.45, 2.75) is 13.3 Å². The number of rotatable bonds is 4. The van der Waals surface area contributed by atoms with Gasteiger partial charge in [0.2, 0.25) is 0 Å². The maximum absolute atomic E-state index is 12.2. The van der Waals surface area contributed by atoms with Crippen molar-refractivity contribution in [2.75, 3.05) is 31.6 Å². The Morgan fingerprint density at radius 1 is 1.50 bits per heavy atom. The number of hydrogen-bond acceptors (Lipinski definition) is 3. The van der Waals surface area contributed by atoms with Gasteiger partial charge in [0.1, 0.15) is 0 Å². The Hall–Kier alpha value is -2.06. The van der Waals surface area contributed by atoms with Gasteiger partial charge in [-0.1, -0.05) is 0 Å². The standard InChI is InChI=1S/C15H19N3O2/c1-2-18(10-13-7-8-20-11-13)15(19)17-14-5-3-12(9-16)4-6-14/h3-6,13H,2,7-8,10-11H2,1H3,(H,17,19). The van der Waals surface area contributed by atoms with Crippen LogP contribution in [-0.2, 0) is 4.74 Å². The number of anilines is 1. The van der Waals surface area contributed by atoms with E-state index in [2.05, 4.69) is 11.4 Å². The van der Waals surface area contributed by atoms with Gasteiger partial charge in [-0.2, -0.15) is 5.26 Å². The van der Waals surface area contributed by atoms with Crippen LogP contribution in [0.4, 0.5) is 10.5 Å². The van der Waals surface area contributed by atoms with E-state index in [1.165, 1.54) is 0 Å². The van der Waals surface area contributed by atoms with Crippen LogP contribution >= 0.6 is 0 Å². The van der Waals surface area contributed by atoms with Crippen LogP contribution in [-0.4, -0.2) is 37.2 Å². The zero-order chi connectivity index (χ0) is 14.4. The number of carbonyl (C=O) groups excluding carboxylic acids is 1. The summed E-state index contributed by atoms with van der Waals surface area (Å²) in [6, 6.07) is 8.81. The molecule has 0 saturated carbocycles. The Morgan fingerprint density at radius 2 is 2.25 bits per heavy atom. The number of carbonyl (C=O) groups is 1. The van der Waals surface area contributed by atoms with Crippen LogP contribution in [0.25, 0.3) is 0 Å². The molecule has 1 unspecified atom stereocenters. The fourth-order valence-electron chi connectivity index (χ4n) is 2.23. The van der Waals surface area contributed by atoms with Gasteiger partial charge in [0.15, 0.2) is 0 Å². The molecule has 0 spiro atoms. The highest BCUT2D eigenvalue weighted by Gasteiger charge is 2.21. The summed E-state index contributed by atoms with van der Waals surface area (Å²) >= 11 is 0. The van der Waals surface area contributed by atoms with Crippen LogP contribution in [0.2, 0.25) is 0 Å². The third-order valence-electron chi connectivity index (χ3n) is 3.44. The second kappa shape index (κ2) is 6.92. The molecule has 1 aromatic carbocycles. The number of nitrogens with zero attached hydrogens (tertiary/aromatic N) is 2. The van der Waals surface area contributed by atoms with Gasteiger partial charge in [-0.15, -0.1) is 0 Å². The normalized spacial score (nSPS) is 17.5. The molecule has 1 aromatic rings. The zero-order valence-corrected chi connectivity index (χ0v) is 11.6. The molecular weight excluding hydrogens is 254 g/mol. The van der Waals surface area contributed by atoms with E-state index in [0.717, 1.165) is 26.2 Å². The highest BCUT2D eigenvalue weighted by Crippen LogP contribution is 2.15. The van der Waals surface area contributed by atoms with Crippen LogP contribution in [0.3, 0.4) is 0 Å². The predicted octanol–water partition coefficient (Wildman–Crippen LogP) is 2.45. The van der Waals surface area contributed by atoms with Crippen LogP contribution in [0.15, 0.2) is 24.3 Å². The Balaban J connectivity index is 1.92. The molecule has 0 radical (unpaired) electrons. The molecule has 0 aromatic heterocycles. The average Bonchev–Trinajstić information content (AvgIpc) is 2.98. The van der Waals surface area contributed by atoms with Gasteiger partial charge in [-0.25, -0.2) is 4.79 Å². The van der Waals surface area contributed by atoms with Gasteiger partial charge < -0.3 is 15.0 Å². The Morgan fingerprint density at radius 3 is 2.80 bits per heavy atom. The zero-order valence-electron chi connectivity index (χ0n) is 11.6. The van der Waals surface area contributed by atoms with Gasteiger partial charge in [0.05, 0.1) is 18.2 Å². The van der Waals surface area contributed by atoms with Gasteiger partial charge in [0.25, 0.3) is 0 Å². The molecule has 1 saturated heterocycles. The molecule has 106 valence electrons. The van der Waals surface area contributed by atoms with E-state index in [1.54, 1.807) is 29.2 Å². The summed E-state index contributed by atoms with van der Waals surface area (Å²) in [4.78, 5) is 14.0. The second-order valence-corrected chi connectivity index (χ2v) is 4.89. The van der Waals surface area contributed by atoms with E-state index in [0.29, 0.717) is 23.7 Å². The van der Waals surface area contributed by atoms with Crippen molar-refractivity contribution in [1.29, 1.82) is 5.26 Å². The fraction of sp³-hybridized carbons (Fsp3) is 0.467. The molecule has 1 N–H and O–H groups in total. The van der Waals surface area contributed by atoms with Crippen molar-refractivity contribution < 1.29 is 9.53 Å². The van der Waals surface area contributed by atoms with Crippen LogP contribution in [0.5, 0.6) is 0 Å². The smallest absolute Gasteiger partial charge is 0.321 e. The molecule has 1 heterocycles. The largest absolute Gasteiger partial charge is 0.381 e. The first-order valence-corrected chi connectivity index (χ1v) is 6.86. The molecular formula is C15H19N3O2. The lowest BCUT2D eigenvalue weighted by Gasteiger charge is -2.24. The summed E-state index contributed by atoms with van der Waals surface area (Å²) in [5, 5.41) is 11.6. The summed E-state index contributed by atoms with van der Waals surface area (Å²) in [5.74, 6) is 0.432. The minimum Gasteiger partial charge on any atom is -0.381 e. The Bertz CT molecular complexity index is 487. The number of ether oxygens (including phenoxy) is 1. The van der Waals surface area contributed by atoms with E-state index in [9.17, 15) is 4.79 Å². The average molecular weight is 273 g/mol. The lowest BCUT2D eigenvalue weighted by atomic mass is 10.1. The maximum Gasteiger partial charge on any atom is 0.321 e. The number of nitrogens with one attached hydrogen (secondary N) is 1. The van der Waals surface area contributed by atoms with Crippen molar-refractivity contribution in [3.8, 4) is 6.07 Å². The van der Waals surface area contributed by atoms with E-state index in [1.807, 2.05) is 6.92 Å². The van der Waals surface area contributed by atoms with Gasteiger partial charge in [-0.05, 0) is 37.6 Å². The quantitative estimate of drug-likeness (QED) is 0.916. The second-order valence-electron chi connectivity index (χ2n) is 4.89. The van der Waals surface area contributed by atoms with Crippen molar-refractivity contribution in [1.82, 2.24) is 4.90 Å². The number of benzene rings is 1. The van der Waals surface area contributed by atoms with Crippen molar-refractivity contribution in [3.63, 3.8) is 0 Å². The predicted molar refractivity (Wildman–Crippen MR) is 76.3 cm³/mol. The van der Waals surface area contributed by atoms with E-state index in [-0.39, 0.29) is 6.03 Å². The van der Waals surface area contributed by atoms with Crippen LogP contribution in [0.1, 0.15) is 18.9 Å². The van der Waals surface area contributed by atoms with Crippen molar-refractivity contribution in [3.05, 3.63) is 29.8 Å². The lowest BCUT2D eigenvalue weighted by Crippen LogP contribution is -2.38. The van der Waals surface area contributed by atoms with Crippen LogP contribution in [0, 0.1) is 17.2 Å². The number of amides is 2. The maximum atomic E-state index is 12.2. The van der Waals surface area contributed by atoms with Gasteiger partial charge >= 0.3 is 6.03 Å². The first-order valence-electron chi connectivity index (χ1n) is 6.86. The molecule has 1 aliphatic heterocycles. The van der Waals surface area contributed by atoms with E-state index >= 15 is 0 Å². The summed E-state index contributed by atoms with van der Waals surface area (Å²) < 4.78 is 5.34. The first-order chi connectivity index (χ1) is 9.72. The molecule has 2 amide bonds. The third-order valence-corrected chi connectivity index (χ3v) is 3.44. The molecule has 2 rings (SSSR count). The number of hydrogen-bond donors (Lipinski definition) is 1. The molecule has 0 bridgehead atoms. The Labute approximate surface area is 119 Å². The SMILES string of the molecule is CCN(CC1CCOC1)C(=O)Nc1ccc(C#N)cc1. The molecule has 1 aliphatic rings. The van der Waals surface area contributed by atoms with Crippen LogP contribution < -0.4 is 5.32 Å². The fourth-order valence-corrected chi connectivity index (χ4v) is 2.23. The molecule has 5 heteroatoms. The van der Waals surface area contributed by atoms with Crippen molar-refractivity contribution >= 4 is 11.7 Å². The molecule has 20 heavy (non-hydrogen) atoms.